The molecule has 3 nitrogen and oxygen atoms in total. The summed E-state index contributed by atoms with van der Waals surface area (Å²) in [7, 11) is 0. The molecule has 2 rings (SSSR count). The van der Waals surface area contributed by atoms with E-state index in [1.807, 2.05) is 24.3 Å². The van der Waals surface area contributed by atoms with Crippen molar-refractivity contribution in [2.75, 3.05) is 0 Å². The van der Waals surface area contributed by atoms with Crippen molar-refractivity contribution in [1.29, 1.82) is 0 Å². The van der Waals surface area contributed by atoms with Crippen LogP contribution in [0.25, 0.3) is 11.1 Å². The summed E-state index contributed by atoms with van der Waals surface area (Å²) in [5.74, 6) is 0. The zero-order valence-corrected chi connectivity index (χ0v) is 10.8. The van der Waals surface area contributed by atoms with E-state index in [-0.39, 0.29) is 6.61 Å². The molecule has 0 saturated heterocycles. The van der Waals surface area contributed by atoms with Crippen molar-refractivity contribution < 1.29 is 14.6 Å². The number of aryl methyl sites for hydroxylation is 1. The van der Waals surface area contributed by atoms with Crippen molar-refractivity contribution in [3.63, 3.8) is 0 Å². The molecule has 98 valence electrons. The molecule has 0 unspecified atom stereocenters. The van der Waals surface area contributed by atoms with Gasteiger partial charge in [-0.1, -0.05) is 55.5 Å². The van der Waals surface area contributed by atoms with Crippen LogP contribution in [0.1, 0.15) is 18.1 Å². The van der Waals surface area contributed by atoms with Crippen LogP contribution in [0, 0.1) is 0 Å². The molecule has 0 atom stereocenters. The highest BCUT2D eigenvalue weighted by Gasteiger charge is 2.06. The van der Waals surface area contributed by atoms with Crippen molar-refractivity contribution in [2.24, 2.45) is 0 Å². The standard InChI is InChI=1S/C16H16O3/c1-2-12-7-9-13(10-8-12)15-6-4-3-5-14(15)11-19-16(17)18/h3-10H,2,11H2,1H3,(H,17,18). The van der Waals surface area contributed by atoms with Crippen LogP contribution >= 0.6 is 0 Å². The number of ether oxygens (including phenoxy) is 1. The summed E-state index contributed by atoms with van der Waals surface area (Å²) in [4.78, 5) is 10.5. The highest BCUT2D eigenvalue weighted by atomic mass is 16.7. The maximum atomic E-state index is 10.5. The molecule has 0 radical (unpaired) electrons. The molecule has 3 heteroatoms. The van der Waals surface area contributed by atoms with Crippen LogP contribution in [0.2, 0.25) is 0 Å². The smallest absolute Gasteiger partial charge is 0.450 e. The Morgan fingerprint density at radius 1 is 1.11 bits per heavy atom. The molecule has 0 aliphatic rings. The van der Waals surface area contributed by atoms with Crippen LogP contribution in [0.4, 0.5) is 4.79 Å². The Hall–Kier alpha value is -2.29. The summed E-state index contributed by atoms with van der Waals surface area (Å²) in [6, 6.07) is 16.0. The van der Waals surface area contributed by atoms with Crippen LogP contribution in [-0.4, -0.2) is 11.3 Å². The fourth-order valence-corrected chi connectivity index (χ4v) is 1.99. The average molecular weight is 256 g/mol. The van der Waals surface area contributed by atoms with Gasteiger partial charge in [-0.2, -0.15) is 0 Å². The zero-order chi connectivity index (χ0) is 13.7. The molecule has 0 aliphatic carbocycles. The highest BCUT2D eigenvalue weighted by molar-refractivity contribution is 5.68. The van der Waals surface area contributed by atoms with Gasteiger partial charge < -0.3 is 9.84 Å². The molecule has 0 aliphatic heterocycles. The van der Waals surface area contributed by atoms with Crippen LogP contribution in [-0.2, 0) is 17.8 Å². The molecule has 0 amide bonds. The van der Waals surface area contributed by atoms with E-state index in [0.717, 1.165) is 23.1 Å². The van der Waals surface area contributed by atoms with Crippen molar-refractivity contribution in [3.8, 4) is 11.1 Å². The number of carboxylic acid groups (broad SMARTS) is 1. The molecule has 1 N–H and O–H groups in total. The van der Waals surface area contributed by atoms with Gasteiger partial charge in [0.25, 0.3) is 0 Å². The Balaban J connectivity index is 2.29. The van der Waals surface area contributed by atoms with Gasteiger partial charge in [-0.05, 0) is 28.7 Å². The van der Waals surface area contributed by atoms with Crippen molar-refractivity contribution >= 4 is 6.16 Å². The summed E-state index contributed by atoms with van der Waals surface area (Å²) < 4.78 is 4.65. The lowest BCUT2D eigenvalue weighted by atomic mass is 9.99. The summed E-state index contributed by atoms with van der Waals surface area (Å²) >= 11 is 0. The number of benzene rings is 2. The van der Waals surface area contributed by atoms with Crippen molar-refractivity contribution in [2.45, 2.75) is 20.0 Å². The minimum absolute atomic E-state index is 0.0705. The summed E-state index contributed by atoms with van der Waals surface area (Å²) in [6.45, 7) is 2.19. The van der Waals surface area contributed by atoms with E-state index in [1.54, 1.807) is 0 Å². The third-order valence-electron chi connectivity index (χ3n) is 3.04. The fourth-order valence-electron chi connectivity index (χ4n) is 1.99. The number of hydrogen-bond acceptors (Lipinski definition) is 2. The lowest BCUT2D eigenvalue weighted by Crippen LogP contribution is -2.01. The zero-order valence-electron chi connectivity index (χ0n) is 10.8. The van der Waals surface area contributed by atoms with E-state index in [9.17, 15) is 4.79 Å². The lowest BCUT2D eigenvalue weighted by molar-refractivity contribution is 0.0855. The van der Waals surface area contributed by atoms with Gasteiger partial charge in [0.05, 0.1) is 0 Å². The van der Waals surface area contributed by atoms with Crippen LogP contribution in [0.3, 0.4) is 0 Å². The molecule has 0 heterocycles. The Kier molecular flexibility index (Phi) is 4.18. The quantitative estimate of drug-likeness (QED) is 0.837. The monoisotopic (exact) mass is 256 g/mol. The molecule has 2 aromatic carbocycles. The highest BCUT2D eigenvalue weighted by Crippen LogP contribution is 2.24. The molecule has 0 spiro atoms. The number of hydrogen-bond donors (Lipinski definition) is 1. The molecule has 2 aromatic rings. The maximum Gasteiger partial charge on any atom is 0.506 e. The molecule has 0 aromatic heterocycles. The molecule has 0 saturated carbocycles. The SMILES string of the molecule is CCc1ccc(-c2ccccc2COC(=O)O)cc1. The van der Waals surface area contributed by atoms with Crippen molar-refractivity contribution in [1.82, 2.24) is 0 Å². The predicted molar refractivity (Wildman–Crippen MR) is 74.1 cm³/mol. The van der Waals surface area contributed by atoms with Gasteiger partial charge >= 0.3 is 6.16 Å². The van der Waals surface area contributed by atoms with Gasteiger partial charge in [-0.25, -0.2) is 4.79 Å². The predicted octanol–water partition coefficient (Wildman–Crippen LogP) is 4.11. The third-order valence-corrected chi connectivity index (χ3v) is 3.04. The summed E-state index contributed by atoms with van der Waals surface area (Å²) in [5.41, 5.74) is 4.23. The fraction of sp³-hybridized carbons (Fsp3) is 0.188. The van der Waals surface area contributed by atoms with Gasteiger partial charge in [0.15, 0.2) is 0 Å². The Labute approximate surface area is 112 Å². The summed E-state index contributed by atoms with van der Waals surface area (Å²) in [6.07, 6.45) is -0.250. The maximum absolute atomic E-state index is 10.5. The first-order chi connectivity index (χ1) is 9.20. The minimum atomic E-state index is -1.25. The molecular formula is C16H16O3. The number of carbonyl (C=O) groups is 1. The van der Waals surface area contributed by atoms with E-state index in [4.69, 9.17) is 5.11 Å². The van der Waals surface area contributed by atoms with Gasteiger partial charge in [0, 0.05) is 0 Å². The molecule has 19 heavy (non-hydrogen) atoms. The van der Waals surface area contributed by atoms with Gasteiger partial charge in [0.1, 0.15) is 6.61 Å². The van der Waals surface area contributed by atoms with Gasteiger partial charge in [-0.3, -0.25) is 0 Å². The van der Waals surface area contributed by atoms with E-state index in [2.05, 4.69) is 35.9 Å². The molecular weight excluding hydrogens is 240 g/mol. The minimum Gasteiger partial charge on any atom is -0.450 e. The first-order valence-electron chi connectivity index (χ1n) is 6.23. The third kappa shape index (κ3) is 3.35. The van der Waals surface area contributed by atoms with Gasteiger partial charge in [-0.15, -0.1) is 0 Å². The van der Waals surface area contributed by atoms with E-state index in [0.29, 0.717) is 0 Å². The van der Waals surface area contributed by atoms with Crippen LogP contribution < -0.4 is 0 Å². The normalized spacial score (nSPS) is 10.2. The summed E-state index contributed by atoms with van der Waals surface area (Å²) in [5, 5.41) is 8.58. The van der Waals surface area contributed by atoms with E-state index < -0.39 is 6.16 Å². The lowest BCUT2D eigenvalue weighted by Gasteiger charge is -2.09. The largest absolute Gasteiger partial charge is 0.506 e. The second-order valence-electron chi connectivity index (χ2n) is 4.26. The average Bonchev–Trinajstić information content (AvgIpc) is 2.45. The van der Waals surface area contributed by atoms with E-state index >= 15 is 0 Å². The first-order valence-corrected chi connectivity index (χ1v) is 6.23. The Bertz CT molecular complexity index is 558. The van der Waals surface area contributed by atoms with Crippen LogP contribution in [0.15, 0.2) is 48.5 Å². The number of rotatable bonds is 4. The van der Waals surface area contributed by atoms with Crippen LogP contribution in [0.5, 0.6) is 0 Å². The second kappa shape index (κ2) is 6.05. The van der Waals surface area contributed by atoms with Crippen molar-refractivity contribution in [3.05, 3.63) is 59.7 Å². The first kappa shape index (κ1) is 13.1. The second-order valence-corrected chi connectivity index (χ2v) is 4.26. The topological polar surface area (TPSA) is 46.5 Å². The van der Waals surface area contributed by atoms with E-state index in [1.165, 1.54) is 5.56 Å². The Morgan fingerprint density at radius 2 is 1.79 bits per heavy atom. The molecule has 0 bridgehead atoms. The van der Waals surface area contributed by atoms with Gasteiger partial charge in [0.2, 0.25) is 0 Å². The Morgan fingerprint density at radius 3 is 2.42 bits per heavy atom. The molecule has 0 fully saturated rings.